The standard InChI is InChI=1S/C7H12.C6H10/c1-3-5-7-6-4-2;1-3-5-6-4-2/h3-4,6H,1,5,7H2,2H3;3-4,6H,1,5H2,2H3. The van der Waals surface area contributed by atoms with Crippen LogP contribution < -0.4 is 0 Å². The molecule has 0 aliphatic heterocycles. The molecule has 0 radical (unpaired) electrons. The van der Waals surface area contributed by atoms with Crippen molar-refractivity contribution in [3.8, 4) is 0 Å². The van der Waals surface area contributed by atoms with E-state index < -0.39 is 0 Å². The Hall–Kier alpha value is -1.04. The number of hydrogen-bond donors (Lipinski definition) is 0. The summed E-state index contributed by atoms with van der Waals surface area (Å²) in [6, 6.07) is 0. The van der Waals surface area contributed by atoms with E-state index in [0.29, 0.717) is 0 Å². The molecule has 0 saturated carbocycles. The van der Waals surface area contributed by atoms with Crippen LogP contribution in [0.4, 0.5) is 0 Å². The van der Waals surface area contributed by atoms with Crippen LogP contribution in [-0.2, 0) is 0 Å². The predicted molar refractivity (Wildman–Crippen MR) is 63.9 cm³/mol. The molecule has 0 nitrogen and oxygen atoms in total. The Bertz CT molecular complexity index is 149. The topological polar surface area (TPSA) is 0 Å². The van der Waals surface area contributed by atoms with Crippen LogP contribution in [0.25, 0.3) is 0 Å². The Kier molecular flexibility index (Phi) is 19.1. The van der Waals surface area contributed by atoms with Crippen LogP contribution in [0.1, 0.15) is 33.1 Å². The van der Waals surface area contributed by atoms with Gasteiger partial charge in [-0.15, -0.1) is 13.2 Å². The zero-order chi connectivity index (χ0) is 10.4. The molecule has 0 heteroatoms. The first-order valence-electron chi connectivity index (χ1n) is 4.77. The van der Waals surface area contributed by atoms with Crippen LogP contribution in [-0.4, -0.2) is 0 Å². The van der Waals surface area contributed by atoms with Gasteiger partial charge in [0.1, 0.15) is 0 Å². The van der Waals surface area contributed by atoms with E-state index in [0.717, 1.165) is 19.3 Å². The van der Waals surface area contributed by atoms with Crippen molar-refractivity contribution in [1.29, 1.82) is 0 Å². The number of unbranched alkanes of at least 4 members (excludes halogenated alkanes) is 1. The SMILES string of the molecule is C=CCC=CC.C=CCCC=CC. The summed E-state index contributed by atoms with van der Waals surface area (Å²) >= 11 is 0. The van der Waals surface area contributed by atoms with E-state index >= 15 is 0 Å². The fourth-order valence-corrected chi connectivity index (χ4v) is 0.613. The highest BCUT2D eigenvalue weighted by Crippen LogP contribution is 1.88. The lowest BCUT2D eigenvalue weighted by Crippen LogP contribution is -1.58. The quantitative estimate of drug-likeness (QED) is 0.424. The van der Waals surface area contributed by atoms with Gasteiger partial charge in [0.05, 0.1) is 0 Å². The highest BCUT2D eigenvalue weighted by Gasteiger charge is 1.68. The van der Waals surface area contributed by atoms with Gasteiger partial charge in [-0.05, 0) is 33.1 Å². The van der Waals surface area contributed by atoms with Crippen molar-refractivity contribution in [2.75, 3.05) is 0 Å². The van der Waals surface area contributed by atoms with Gasteiger partial charge in [-0.1, -0.05) is 36.5 Å². The van der Waals surface area contributed by atoms with Crippen molar-refractivity contribution >= 4 is 0 Å². The first kappa shape index (κ1) is 14.5. The van der Waals surface area contributed by atoms with E-state index in [1.807, 2.05) is 32.1 Å². The van der Waals surface area contributed by atoms with Crippen molar-refractivity contribution in [2.45, 2.75) is 33.1 Å². The average Bonchev–Trinajstić information content (AvgIpc) is 2.17. The van der Waals surface area contributed by atoms with E-state index in [2.05, 4.69) is 31.4 Å². The van der Waals surface area contributed by atoms with Gasteiger partial charge in [-0.2, -0.15) is 0 Å². The molecule has 0 bridgehead atoms. The summed E-state index contributed by atoms with van der Waals surface area (Å²) in [5.41, 5.74) is 0. The summed E-state index contributed by atoms with van der Waals surface area (Å²) in [5.74, 6) is 0. The van der Waals surface area contributed by atoms with Crippen molar-refractivity contribution < 1.29 is 0 Å². The molecule has 0 aromatic heterocycles. The van der Waals surface area contributed by atoms with E-state index in [1.54, 1.807) is 0 Å². The molecule has 0 saturated heterocycles. The van der Waals surface area contributed by atoms with Gasteiger partial charge in [0.2, 0.25) is 0 Å². The fourth-order valence-electron chi connectivity index (χ4n) is 0.613. The lowest BCUT2D eigenvalue weighted by molar-refractivity contribution is 1.05. The molecule has 0 aliphatic carbocycles. The maximum Gasteiger partial charge on any atom is -0.0172 e. The molecule has 0 unspecified atom stereocenters. The largest absolute Gasteiger partial charge is 0.103 e. The van der Waals surface area contributed by atoms with Crippen LogP contribution in [0.15, 0.2) is 49.6 Å². The van der Waals surface area contributed by atoms with Crippen molar-refractivity contribution in [2.24, 2.45) is 0 Å². The first-order valence-corrected chi connectivity index (χ1v) is 4.77. The van der Waals surface area contributed by atoms with Crippen LogP contribution in [0, 0.1) is 0 Å². The molecule has 0 amide bonds. The van der Waals surface area contributed by atoms with Gasteiger partial charge >= 0.3 is 0 Å². The molecule has 0 aliphatic rings. The number of allylic oxidation sites excluding steroid dienone is 6. The fraction of sp³-hybridized carbons (Fsp3) is 0.385. The second kappa shape index (κ2) is 17.2. The van der Waals surface area contributed by atoms with Crippen LogP contribution in [0.3, 0.4) is 0 Å². The molecule has 0 N–H and O–H groups in total. The predicted octanol–water partition coefficient (Wildman–Crippen LogP) is 4.67. The second-order valence-electron chi connectivity index (χ2n) is 2.53. The number of hydrogen-bond acceptors (Lipinski definition) is 0. The van der Waals surface area contributed by atoms with Crippen molar-refractivity contribution in [3.05, 3.63) is 49.6 Å². The van der Waals surface area contributed by atoms with Crippen LogP contribution in [0.5, 0.6) is 0 Å². The van der Waals surface area contributed by atoms with Gasteiger partial charge in [-0.3, -0.25) is 0 Å². The number of rotatable bonds is 5. The van der Waals surface area contributed by atoms with E-state index in [9.17, 15) is 0 Å². The van der Waals surface area contributed by atoms with E-state index in [1.165, 1.54) is 0 Å². The lowest BCUT2D eigenvalue weighted by atomic mass is 10.3. The zero-order valence-electron chi connectivity index (χ0n) is 9.00. The minimum absolute atomic E-state index is 0.997. The Morgan fingerprint density at radius 2 is 1.46 bits per heavy atom. The molecule has 0 atom stereocenters. The molecular weight excluding hydrogens is 156 g/mol. The normalized spacial score (nSPS) is 9.69. The van der Waals surface area contributed by atoms with E-state index in [4.69, 9.17) is 0 Å². The van der Waals surface area contributed by atoms with E-state index in [-0.39, 0.29) is 0 Å². The maximum atomic E-state index is 3.60. The highest BCUT2D eigenvalue weighted by atomic mass is 13.7. The molecule has 13 heavy (non-hydrogen) atoms. The molecule has 0 spiro atoms. The summed E-state index contributed by atoms with van der Waals surface area (Å²) in [4.78, 5) is 0. The smallest absolute Gasteiger partial charge is 0.0172 e. The third-order valence-electron chi connectivity index (χ3n) is 1.31. The lowest BCUT2D eigenvalue weighted by Gasteiger charge is -1.79. The molecule has 0 heterocycles. The first-order chi connectivity index (χ1) is 6.33. The third kappa shape index (κ3) is 24.8. The van der Waals surface area contributed by atoms with Crippen LogP contribution in [0.2, 0.25) is 0 Å². The molecule has 0 aromatic rings. The highest BCUT2D eigenvalue weighted by molar-refractivity contribution is 4.85. The Labute approximate surface area is 83.4 Å². The Balaban J connectivity index is 0. The minimum atomic E-state index is 0.997. The second-order valence-corrected chi connectivity index (χ2v) is 2.53. The summed E-state index contributed by atoms with van der Waals surface area (Å²) < 4.78 is 0. The summed E-state index contributed by atoms with van der Waals surface area (Å²) in [5, 5.41) is 0. The Morgan fingerprint density at radius 1 is 0.846 bits per heavy atom. The van der Waals surface area contributed by atoms with Gasteiger partial charge in [-0.25, -0.2) is 0 Å². The summed E-state index contributed by atoms with van der Waals surface area (Å²) in [7, 11) is 0. The average molecular weight is 178 g/mol. The third-order valence-corrected chi connectivity index (χ3v) is 1.31. The molecular formula is C13H22. The molecule has 0 aromatic carbocycles. The summed E-state index contributed by atoms with van der Waals surface area (Å²) in [6.45, 7) is 11.2. The van der Waals surface area contributed by atoms with Crippen molar-refractivity contribution in [3.63, 3.8) is 0 Å². The van der Waals surface area contributed by atoms with Crippen LogP contribution >= 0.6 is 0 Å². The zero-order valence-corrected chi connectivity index (χ0v) is 9.00. The summed E-state index contributed by atoms with van der Waals surface area (Å²) in [6.07, 6.45) is 15.3. The van der Waals surface area contributed by atoms with Gasteiger partial charge in [0, 0.05) is 0 Å². The monoisotopic (exact) mass is 178 g/mol. The molecule has 0 rings (SSSR count). The molecule has 74 valence electrons. The minimum Gasteiger partial charge on any atom is -0.103 e. The molecule has 0 fully saturated rings. The van der Waals surface area contributed by atoms with Crippen molar-refractivity contribution in [1.82, 2.24) is 0 Å². The van der Waals surface area contributed by atoms with Gasteiger partial charge in [0.25, 0.3) is 0 Å². The van der Waals surface area contributed by atoms with Gasteiger partial charge in [0.15, 0.2) is 0 Å². The maximum absolute atomic E-state index is 3.60. The Morgan fingerprint density at radius 3 is 1.77 bits per heavy atom. The van der Waals surface area contributed by atoms with Gasteiger partial charge < -0.3 is 0 Å².